The van der Waals surface area contributed by atoms with Gasteiger partial charge in [-0.15, -0.1) is 0 Å². The Kier molecular flexibility index (Phi) is 9.19. The summed E-state index contributed by atoms with van der Waals surface area (Å²) in [5, 5.41) is 7.07. The van der Waals surface area contributed by atoms with Crippen LogP contribution in [0.2, 0.25) is 0 Å². The van der Waals surface area contributed by atoms with Crippen LogP contribution in [0.15, 0.2) is 60.0 Å². The van der Waals surface area contributed by atoms with Crippen LogP contribution in [-0.2, 0) is 4.79 Å². The quantitative estimate of drug-likeness (QED) is 0.351. The number of aromatic nitrogens is 1. The molecule has 7 heteroatoms. The van der Waals surface area contributed by atoms with Crippen LogP contribution >= 0.6 is 0 Å². The van der Waals surface area contributed by atoms with Gasteiger partial charge in [-0.25, -0.2) is 5.43 Å². The van der Waals surface area contributed by atoms with Gasteiger partial charge in [0.1, 0.15) is 0 Å². The lowest BCUT2D eigenvalue weighted by atomic mass is 10.0. The minimum atomic E-state index is -0.195. The molecule has 0 bridgehead atoms. The van der Waals surface area contributed by atoms with E-state index < -0.39 is 0 Å². The second-order valence-corrected chi connectivity index (χ2v) is 7.74. The minimum absolute atomic E-state index is 0.0589. The van der Waals surface area contributed by atoms with Gasteiger partial charge in [-0.05, 0) is 75.0 Å². The molecule has 2 N–H and O–H groups in total. The summed E-state index contributed by atoms with van der Waals surface area (Å²) >= 11 is 0. The molecule has 2 heterocycles. The van der Waals surface area contributed by atoms with Crippen LogP contribution in [0.3, 0.4) is 0 Å². The summed E-state index contributed by atoms with van der Waals surface area (Å²) in [4.78, 5) is 31.2. The van der Waals surface area contributed by atoms with E-state index in [0.717, 1.165) is 50.8 Å². The molecule has 31 heavy (non-hydrogen) atoms. The van der Waals surface area contributed by atoms with Gasteiger partial charge in [0, 0.05) is 24.5 Å². The highest BCUT2D eigenvalue weighted by Crippen LogP contribution is 2.16. The zero-order valence-electron chi connectivity index (χ0n) is 17.9. The second kappa shape index (κ2) is 12.6. The Bertz CT molecular complexity index is 836. The van der Waals surface area contributed by atoms with Gasteiger partial charge < -0.3 is 5.32 Å². The van der Waals surface area contributed by atoms with Gasteiger partial charge in [-0.1, -0.05) is 24.6 Å². The van der Waals surface area contributed by atoms with Gasteiger partial charge in [0.25, 0.3) is 11.8 Å². The second-order valence-electron chi connectivity index (χ2n) is 7.74. The summed E-state index contributed by atoms with van der Waals surface area (Å²) in [6.45, 7) is 2.48. The molecule has 2 amide bonds. The molecular formula is C24H31N5O2. The van der Waals surface area contributed by atoms with Gasteiger partial charge in [0.05, 0.1) is 12.3 Å². The van der Waals surface area contributed by atoms with Crippen molar-refractivity contribution in [3.05, 3.63) is 66.0 Å². The first-order valence-electron chi connectivity index (χ1n) is 11.0. The lowest BCUT2D eigenvalue weighted by Gasteiger charge is -2.33. The molecule has 3 rings (SSSR count). The number of likely N-dealkylation sites (tertiary alicyclic amines) is 1. The predicted octanol–water partition coefficient (Wildman–Crippen LogP) is 2.99. The average Bonchev–Trinajstić information content (AvgIpc) is 2.83. The van der Waals surface area contributed by atoms with Crippen molar-refractivity contribution >= 4 is 18.0 Å². The Morgan fingerprint density at radius 1 is 1.03 bits per heavy atom. The first-order chi connectivity index (χ1) is 15.2. The number of pyridine rings is 1. The third-order valence-electron chi connectivity index (χ3n) is 5.45. The molecule has 1 saturated heterocycles. The first kappa shape index (κ1) is 22.6. The van der Waals surface area contributed by atoms with Crippen molar-refractivity contribution in [3.63, 3.8) is 0 Å². The van der Waals surface area contributed by atoms with Gasteiger partial charge >= 0.3 is 0 Å². The fourth-order valence-corrected chi connectivity index (χ4v) is 3.76. The molecule has 1 fully saturated rings. The van der Waals surface area contributed by atoms with E-state index in [9.17, 15) is 9.59 Å². The first-order valence-corrected chi connectivity index (χ1v) is 11.0. The number of hydrogen-bond donors (Lipinski definition) is 2. The summed E-state index contributed by atoms with van der Waals surface area (Å²) in [6.07, 6.45) is 10.9. The van der Waals surface area contributed by atoms with E-state index in [4.69, 9.17) is 0 Å². The van der Waals surface area contributed by atoms with Gasteiger partial charge in [0.15, 0.2) is 0 Å². The standard InChI is InChI=1S/C24H31N5O2/c30-23(21-9-3-1-4-10-21)26-14-6-5-11-22(29-17-7-2-8-18-29)24(31)28-27-19-20-12-15-25-16-13-20/h1,3-4,9-10,12-13,15-16,19,22H,2,5-8,11,14,17-18H2,(H,26,30)(H,28,31)/b27-19+/t22-/m0/s1. The highest BCUT2D eigenvalue weighted by atomic mass is 16.2. The number of rotatable bonds is 10. The van der Waals surface area contributed by atoms with Crippen molar-refractivity contribution in [2.75, 3.05) is 19.6 Å². The number of carbonyl (C=O) groups excluding carboxylic acids is 2. The Balaban J connectivity index is 1.46. The SMILES string of the molecule is O=C(NCCCC[C@@H](C(=O)N/N=C/c1ccncc1)N1CCCCC1)c1ccccc1. The molecule has 0 saturated carbocycles. The Morgan fingerprint density at radius 3 is 2.52 bits per heavy atom. The molecule has 164 valence electrons. The van der Waals surface area contributed by atoms with Crippen molar-refractivity contribution in [3.8, 4) is 0 Å². The molecule has 2 aromatic rings. The van der Waals surface area contributed by atoms with Gasteiger partial charge in [0.2, 0.25) is 0 Å². The third-order valence-corrected chi connectivity index (χ3v) is 5.45. The molecule has 0 unspecified atom stereocenters. The van der Waals surface area contributed by atoms with Gasteiger partial charge in [-0.3, -0.25) is 19.5 Å². The van der Waals surface area contributed by atoms with Crippen molar-refractivity contribution in [1.29, 1.82) is 0 Å². The lowest BCUT2D eigenvalue weighted by Crippen LogP contribution is -2.47. The number of nitrogens with one attached hydrogen (secondary N) is 2. The van der Waals surface area contributed by atoms with E-state index in [1.807, 2.05) is 30.3 Å². The van der Waals surface area contributed by atoms with Gasteiger partial charge in [-0.2, -0.15) is 5.10 Å². The van der Waals surface area contributed by atoms with Crippen LogP contribution in [0.25, 0.3) is 0 Å². The summed E-state index contributed by atoms with van der Waals surface area (Å²) in [7, 11) is 0. The normalized spacial score (nSPS) is 15.5. The maximum atomic E-state index is 12.8. The number of nitrogens with zero attached hydrogens (tertiary/aromatic N) is 3. The number of amides is 2. The Morgan fingerprint density at radius 2 is 1.77 bits per heavy atom. The number of hydrogen-bond acceptors (Lipinski definition) is 5. The Hall–Kier alpha value is -3.06. The molecule has 1 aliphatic heterocycles. The number of hydrazone groups is 1. The van der Waals surface area contributed by atoms with Crippen LogP contribution in [0.1, 0.15) is 54.4 Å². The lowest BCUT2D eigenvalue weighted by molar-refractivity contribution is -0.127. The van der Waals surface area contributed by atoms with E-state index in [1.165, 1.54) is 6.42 Å². The molecule has 1 aliphatic rings. The molecule has 1 aromatic heterocycles. The number of piperidine rings is 1. The molecule has 7 nitrogen and oxygen atoms in total. The summed E-state index contributed by atoms with van der Waals surface area (Å²) < 4.78 is 0. The highest BCUT2D eigenvalue weighted by molar-refractivity contribution is 5.94. The maximum absolute atomic E-state index is 12.8. The van der Waals surface area contributed by atoms with Crippen molar-refractivity contribution in [2.24, 2.45) is 5.10 Å². The van der Waals surface area contributed by atoms with E-state index in [0.29, 0.717) is 12.1 Å². The van der Waals surface area contributed by atoms with Crippen molar-refractivity contribution < 1.29 is 9.59 Å². The summed E-state index contributed by atoms with van der Waals surface area (Å²) in [5.41, 5.74) is 4.26. The Labute approximate surface area is 183 Å². The third kappa shape index (κ3) is 7.61. The number of carbonyl (C=O) groups is 2. The maximum Gasteiger partial charge on any atom is 0.257 e. The van der Waals surface area contributed by atoms with Crippen LogP contribution in [0.4, 0.5) is 0 Å². The molecule has 1 aromatic carbocycles. The van der Waals surface area contributed by atoms with Crippen LogP contribution < -0.4 is 10.7 Å². The van der Waals surface area contributed by atoms with Crippen LogP contribution in [0, 0.1) is 0 Å². The summed E-state index contributed by atoms with van der Waals surface area (Å²) in [6, 6.07) is 12.7. The van der Waals surface area contributed by atoms with E-state index in [2.05, 4.69) is 25.7 Å². The van der Waals surface area contributed by atoms with Crippen molar-refractivity contribution in [2.45, 2.75) is 44.6 Å². The largest absolute Gasteiger partial charge is 0.352 e. The zero-order chi connectivity index (χ0) is 21.7. The van der Waals surface area contributed by atoms with Crippen molar-refractivity contribution in [1.82, 2.24) is 20.6 Å². The van der Waals surface area contributed by atoms with E-state index in [1.54, 1.807) is 30.7 Å². The van der Waals surface area contributed by atoms with E-state index in [-0.39, 0.29) is 17.9 Å². The molecular weight excluding hydrogens is 390 g/mol. The molecule has 1 atom stereocenters. The van der Waals surface area contributed by atoms with E-state index >= 15 is 0 Å². The monoisotopic (exact) mass is 421 g/mol. The minimum Gasteiger partial charge on any atom is -0.352 e. The fraction of sp³-hybridized carbons (Fsp3) is 0.417. The molecule has 0 aliphatic carbocycles. The topological polar surface area (TPSA) is 86.7 Å². The number of unbranched alkanes of at least 4 members (excludes halogenated alkanes) is 1. The van der Waals surface area contributed by atoms with Crippen LogP contribution in [0.5, 0.6) is 0 Å². The molecule has 0 spiro atoms. The zero-order valence-corrected chi connectivity index (χ0v) is 17.9. The average molecular weight is 422 g/mol. The summed E-state index contributed by atoms with van der Waals surface area (Å²) in [5.74, 6) is -0.128. The van der Waals surface area contributed by atoms with Crippen LogP contribution in [-0.4, -0.2) is 53.6 Å². The fourth-order valence-electron chi connectivity index (χ4n) is 3.76. The highest BCUT2D eigenvalue weighted by Gasteiger charge is 2.26. The predicted molar refractivity (Wildman–Crippen MR) is 122 cm³/mol. The molecule has 0 radical (unpaired) electrons. The number of benzene rings is 1. The smallest absolute Gasteiger partial charge is 0.257 e.